The molecule has 0 aromatic heterocycles. The first kappa shape index (κ1) is 15.3. The summed E-state index contributed by atoms with van der Waals surface area (Å²) in [7, 11) is 1.36. The first-order valence-electron chi connectivity index (χ1n) is 5.47. The van der Waals surface area contributed by atoms with Gasteiger partial charge in [0.05, 0.1) is 22.2 Å². The van der Waals surface area contributed by atoms with E-state index < -0.39 is 11.6 Å². The highest BCUT2D eigenvalue weighted by Crippen LogP contribution is 2.31. The van der Waals surface area contributed by atoms with Gasteiger partial charge in [0.25, 0.3) is 0 Å². The molecule has 0 N–H and O–H groups in total. The fraction of sp³-hybridized carbons (Fsp3) is 0.0714. The summed E-state index contributed by atoms with van der Waals surface area (Å²) in [5.74, 6) is -0.780. The van der Waals surface area contributed by atoms with E-state index in [1.165, 1.54) is 25.3 Å². The number of carbonyl (C=O) groups excluding carboxylic acids is 1. The van der Waals surface area contributed by atoms with Gasteiger partial charge in [-0.1, -0.05) is 23.2 Å². The van der Waals surface area contributed by atoms with E-state index in [2.05, 4.69) is 15.9 Å². The third kappa shape index (κ3) is 2.97. The summed E-state index contributed by atoms with van der Waals surface area (Å²) in [6.45, 7) is 0. The number of rotatable bonds is 3. The molecule has 104 valence electrons. The molecule has 2 aromatic rings. The fourth-order valence-corrected chi connectivity index (χ4v) is 2.41. The van der Waals surface area contributed by atoms with E-state index in [0.29, 0.717) is 5.02 Å². The van der Waals surface area contributed by atoms with Crippen LogP contribution < -0.4 is 4.74 Å². The Hall–Kier alpha value is -1.10. The van der Waals surface area contributed by atoms with Crippen LogP contribution in [-0.2, 0) is 0 Å². The zero-order valence-electron chi connectivity index (χ0n) is 10.2. The maximum Gasteiger partial charge on any atom is 0.198 e. The summed E-state index contributed by atoms with van der Waals surface area (Å²) >= 11 is 14.9. The van der Waals surface area contributed by atoms with Crippen molar-refractivity contribution in [3.8, 4) is 5.75 Å². The second kappa shape index (κ2) is 6.12. The van der Waals surface area contributed by atoms with Gasteiger partial charge in [-0.3, -0.25) is 4.79 Å². The molecular weight excluding hydrogens is 370 g/mol. The summed E-state index contributed by atoms with van der Waals surface area (Å²) in [6.07, 6.45) is 0. The number of ether oxygens (including phenoxy) is 1. The SMILES string of the molecule is COc1cc(F)c(Br)cc1C(=O)c1cc(Cl)ccc1Cl. The molecule has 0 saturated heterocycles. The Morgan fingerprint density at radius 1 is 1.20 bits per heavy atom. The number of hydrogen-bond acceptors (Lipinski definition) is 2. The second-order valence-corrected chi connectivity index (χ2v) is 5.62. The third-order valence-corrected chi connectivity index (χ3v) is 3.83. The van der Waals surface area contributed by atoms with Crippen LogP contribution >= 0.6 is 39.1 Å². The van der Waals surface area contributed by atoms with Crippen LogP contribution in [0, 0.1) is 5.82 Å². The molecule has 6 heteroatoms. The monoisotopic (exact) mass is 376 g/mol. The van der Waals surface area contributed by atoms with E-state index >= 15 is 0 Å². The topological polar surface area (TPSA) is 26.3 Å². The minimum atomic E-state index is -0.518. The molecule has 0 bridgehead atoms. The minimum absolute atomic E-state index is 0.131. The van der Waals surface area contributed by atoms with Crippen molar-refractivity contribution in [2.45, 2.75) is 0 Å². The number of ketones is 1. The lowest BCUT2D eigenvalue weighted by Gasteiger charge is -2.10. The Morgan fingerprint density at radius 2 is 1.90 bits per heavy atom. The van der Waals surface area contributed by atoms with Gasteiger partial charge in [-0.15, -0.1) is 0 Å². The largest absolute Gasteiger partial charge is 0.496 e. The standard InChI is InChI=1S/C14H8BrCl2FO2/c1-20-13-6-12(18)10(15)5-9(13)14(19)8-4-7(16)2-3-11(8)17/h2-6H,1H3. The van der Waals surface area contributed by atoms with Crippen molar-refractivity contribution in [2.75, 3.05) is 7.11 Å². The summed E-state index contributed by atoms with van der Waals surface area (Å²) in [5.41, 5.74) is 0.431. The van der Waals surface area contributed by atoms with Gasteiger partial charge < -0.3 is 4.74 Å². The maximum atomic E-state index is 13.5. The van der Waals surface area contributed by atoms with Crippen molar-refractivity contribution in [2.24, 2.45) is 0 Å². The molecule has 0 atom stereocenters. The lowest BCUT2D eigenvalue weighted by atomic mass is 10.0. The van der Waals surface area contributed by atoms with E-state index in [9.17, 15) is 9.18 Å². The van der Waals surface area contributed by atoms with Crippen molar-refractivity contribution in [1.29, 1.82) is 0 Å². The highest BCUT2D eigenvalue weighted by atomic mass is 79.9. The average Bonchev–Trinajstić information content (AvgIpc) is 2.43. The van der Waals surface area contributed by atoms with Crippen molar-refractivity contribution < 1.29 is 13.9 Å². The fourth-order valence-electron chi connectivity index (χ4n) is 1.69. The van der Waals surface area contributed by atoms with E-state index in [4.69, 9.17) is 27.9 Å². The molecule has 0 aliphatic heterocycles. The Labute approximate surface area is 133 Å². The zero-order valence-corrected chi connectivity index (χ0v) is 13.3. The average molecular weight is 378 g/mol. The molecule has 2 rings (SSSR count). The number of benzene rings is 2. The Kier molecular flexibility index (Phi) is 4.68. The Morgan fingerprint density at radius 3 is 2.55 bits per heavy atom. The van der Waals surface area contributed by atoms with E-state index in [1.54, 1.807) is 6.07 Å². The number of halogens is 4. The summed E-state index contributed by atoms with van der Waals surface area (Å²) < 4.78 is 18.7. The van der Waals surface area contributed by atoms with Gasteiger partial charge in [0.2, 0.25) is 0 Å². The quantitative estimate of drug-likeness (QED) is 0.692. The van der Waals surface area contributed by atoms with E-state index in [-0.39, 0.29) is 26.4 Å². The van der Waals surface area contributed by atoms with Gasteiger partial charge in [-0.05, 0) is 40.2 Å². The van der Waals surface area contributed by atoms with Crippen LogP contribution in [0.5, 0.6) is 5.75 Å². The molecule has 0 heterocycles. The predicted octanol–water partition coefficient (Wildman–Crippen LogP) is 5.13. The van der Waals surface area contributed by atoms with Crippen molar-refractivity contribution in [3.63, 3.8) is 0 Å². The Balaban J connectivity index is 2.58. The minimum Gasteiger partial charge on any atom is -0.496 e. The van der Waals surface area contributed by atoms with Crippen LogP contribution in [0.25, 0.3) is 0 Å². The maximum absolute atomic E-state index is 13.5. The van der Waals surface area contributed by atoms with Crippen molar-refractivity contribution >= 4 is 44.9 Å². The molecule has 0 unspecified atom stereocenters. The molecule has 0 aliphatic carbocycles. The van der Waals surface area contributed by atoms with Crippen LogP contribution in [0.1, 0.15) is 15.9 Å². The molecule has 0 aliphatic rings. The normalized spacial score (nSPS) is 10.4. The van der Waals surface area contributed by atoms with E-state index in [1.807, 2.05) is 0 Å². The van der Waals surface area contributed by atoms with Gasteiger partial charge in [0.15, 0.2) is 5.78 Å². The summed E-state index contributed by atoms with van der Waals surface area (Å²) in [6, 6.07) is 7.06. The third-order valence-electron chi connectivity index (χ3n) is 2.66. The van der Waals surface area contributed by atoms with Gasteiger partial charge in [0.1, 0.15) is 11.6 Å². The number of carbonyl (C=O) groups is 1. The van der Waals surface area contributed by atoms with Crippen LogP contribution in [0.15, 0.2) is 34.8 Å². The molecule has 20 heavy (non-hydrogen) atoms. The summed E-state index contributed by atoms with van der Waals surface area (Å²) in [5, 5.41) is 0.653. The van der Waals surface area contributed by atoms with Gasteiger partial charge in [-0.25, -0.2) is 4.39 Å². The smallest absolute Gasteiger partial charge is 0.198 e. The number of methoxy groups -OCH3 is 1. The molecule has 0 spiro atoms. The molecule has 2 nitrogen and oxygen atoms in total. The Bertz CT molecular complexity index is 689. The molecule has 0 saturated carbocycles. The highest BCUT2D eigenvalue weighted by Gasteiger charge is 2.19. The molecule has 2 aromatic carbocycles. The first-order chi connectivity index (χ1) is 9.43. The molecule has 0 radical (unpaired) electrons. The van der Waals surface area contributed by atoms with Gasteiger partial charge in [-0.2, -0.15) is 0 Å². The zero-order chi connectivity index (χ0) is 14.9. The highest BCUT2D eigenvalue weighted by molar-refractivity contribution is 9.10. The predicted molar refractivity (Wildman–Crippen MR) is 80.5 cm³/mol. The summed E-state index contributed by atoms with van der Waals surface area (Å²) in [4.78, 5) is 12.5. The van der Waals surface area contributed by atoms with Crippen molar-refractivity contribution in [1.82, 2.24) is 0 Å². The van der Waals surface area contributed by atoms with E-state index in [0.717, 1.165) is 6.07 Å². The van der Waals surface area contributed by atoms with Crippen LogP contribution in [-0.4, -0.2) is 12.9 Å². The lowest BCUT2D eigenvalue weighted by molar-refractivity contribution is 0.103. The van der Waals surface area contributed by atoms with Crippen LogP contribution in [0.3, 0.4) is 0 Å². The lowest BCUT2D eigenvalue weighted by Crippen LogP contribution is -2.05. The van der Waals surface area contributed by atoms with Gasteiger partial charge >= 0.3 is 0 Å². The van der Waals surface area contributed by atoms with Gasteiger partial charge in [0, 0.05) is 16.7 Å². The molecular formula is C14H8BrCl2FO2. The van der Waals surface area contributed by atoms with Crippen LogP contribution in [0.4, 0.5) is 4.39 Å². The molecule has 0 fully saturated rings. The second-order valence-electron chi connectivity index (χ2n) is 3.92. The number of hydrogen-bond donors (Lipinski definition) is 0. The first-order valence-corrected chi connectivity index (χ1v) is 7.01. The van der Waals surface area contributed by atoms with Crippen LogP contribution in [0.2, 0.25) is 10.0 Å². The molecule has 0 amide bonds. The van der Waals surface area contributed by atoms with Crippen molar-refractivity contribution in [3.05, 3.63) is 61.8 Å².